The molecule has 2 fully saturated rings. The van der Waals surface area contributed by atoms with Gasteiger partial charge in [-0.05, 0) is 188 Å². The Labute approximate surface area is 397 Å². The molecular formula is C56H54N10O2. The van der Waals surface area contributed by atoms with Gasteiger partial charge in [0.2, 0.25) is 0 Å². The first-order valence-electron chi connectivity index (χ1n) is 23.2. The maximum Gasteiger partial charge on any atom is 0.148 e. The normalized spacial score (nSPS) is 13.8. The van der Waals surface area contributed by atoms with Crippen LogP contribution in [0.4, 0.5) is 23.0 Å². The van der Waals surface area contributed by atoms with E-state index in [1.807, 2.05) is 107 Å². The van der Waals surface area contributed by atoms with Crippen molar-refractivity contribution in [2.45, 2.75) is 53.4 Å². The van der Waals surface area contributed by atoms with Gasteiger partial charge in [-0.3, -0.25) is 9.97 Å². The van der Waals surface area contributed by atoms with Crippen LogP contribution in [0.2, 0.25) is 0 Å². The Bertz CT molecular complexity index is 3180. The Morgan fingerprint density at radius 2 is 1.07 bits per heavy atom. The summed E-state index contributed by atoms with van der Waals surface area (Å²) in [6.07, 6.45) is 11.1. The summed E-state index contributed by atoms with van der Waals surface area (Å²) < 4.78 is 12.1. The fourth-order valence-corrected chi connectivity index (χ4v) is 8.07. The van der Waals surface area contributed by atoms with Crippen LogP contribution in [-0.2, 0) is 0 Å². The van der Waals surface area contributed by atoms with Crippen LogP contribution in [-0.4, -0.2) is 56.1 Å². The molecule has 68 heavy (non-hydrogen) atoms. The summed E-state index contributed by atoms with van der Waals surface area (Å²) in [6, 6.07) is 31.9. The first-order chi connectivity index (χ1) is 33.3. The number of aryl methyl sites for hydroxylation is 4. The maximum absolute atomic E-state index is 6.07. The predicted octanol–water partition coefficient (Wildman–Crippen LogP) is 11.1. The molecule has 0 saturated carbocycles. The van der Waals surface area contributed by atoms with Gasteiger partial charge in [-0.2, -0.15) is 0 Å². The fourth-order valence-electron chi connectivity index (χ4n) is 8.07. The highest BCUT2D eigenvalue weighted by Crippen LogP contribution is 2.32. The van der Waals surface area contributed by atoms with Gasteiger partial charge in [-0.1, -0.05) is 23.7 Å². The van der Waals surface area contributed by atoms with E-state index in [0.717, 1.165) is 148 Å². The molecule has 2 aliphatic heterocycles. The third-order valence-electron chi connectivity index (χ3n) is 12.0. The number of hydrogen-bond donors (Lipinski definition) is 4. The van der Waals surface area contributed by atoms with Crippen LogP contribution < -0.4 is 30.7 Å². The van der Waals surface area contributed by atoms with E-state index in [9.17, 15) is 0 Å². The molecule has 12 nitrogen and oxygen atoms in total. The van der Waals surface area contributed by atoms with Crippen molar-refractivity contribution in [2.75, 3.05) is 36.8 Å². The highest BCUT2D eigenvalue weighted by Gasteiger charge is 2.13. The van der Waals surface area contributed by atoms with Crippen molar-refractivity contribution in [3.05, 3.63) is 156 Å². The number of fused-ring (bicyclic) bond motifs is 2. The lowest BCUT2D eigenvalue weighted by Gasteiger charge is -2.17. The predicted molar refractivity (Wildman–Crippen MR) is 271 cm³/mol. The largest absolute Gasteiger partial charge is 0.455 e. The van der Waals surface area contributed by atoms with Crippen molar-refractivity contribution in [2.24, 2.45) is 11.8 Å². The molecule has 4 aromatic carbocycles. The lowest BCUT2D eigenvalue weighted by molar-refractivity contribution is 0.447. The van der Waals surface area contributed by atoms with Gasteiger partial charge in [0.05, 0.1) is 22.9 Å². The van der Waals surface area contributed by atoms with Gasteiger partial charge in [0.15, 0.2) is 0 Å². The number of nitrogens with zero attached hydrogens (tertiary/aromatic N) is 6. The second kappa shape index (κ2) is 21.6. The van der Waals surface area contributed by atoms with E-state index in [1.165, 1.54) is 0 Å². The monoisotopic (exact) mass is 898 g/mol. The second-order valence-corrected chi connectivity index (χ2v) is 17.1. The van der Waals surface area contributed by atoms with Gasteiger partial charge in [0, 0.05) is 57.0 Å². The van der Waals surface area contributed by atoms with E-state index in [0.29, 0.717) is 17.6 Å². The number of rotatable bonds is 8. The summed E-state index contributed by atoms with van der Waals surface area (Å²) in [5.74, 6) is 19.1. The van der Waals surface area contributed by atoms with Crippen LogP contribution in [0.25, 0.3) is 21.8 Å². The summed E-state index contributed by atoms with van der Waals surface area (Å²) >= 11 is 0. The highest BCUT2D eigenvalue weighted by atomic mass is 16.5. The van der Waals surface area contributed by atoms with Crippen molar-refractivity contribution in [1.29, 1.82) is 0 Å². The standard InChI is InChI=1S/2C28H27N5O/c1-19-15-23(7-10-27(19)34-24-8-3-20(2)30-17-24)33-28-25-16-22(6-9-26(25)31-18-32-28)5-4-21-11-13-29-14-12-21;1-19-16-23(8-10-26(19)34-27-4-3-13-30-20(27)2)33-28-24-17-22(7-9-25(24)31-18-32-28)6-5-21-11-14-29-15-12-21/h3,6-10,15-18,21,29H,11-14H2,1-2H3,(H,31,32,33);3-4,7-10,13,16-18,21,29H,11-12,14-15H2,1-2H3,(H,31,32,33). The van der Waals surface area contributed by atoms with Gasteiger partial charge in [-0.15, -0.1) is 0 Å². The summed E-state index contributed by atoms with van der Waals surface area (Å²) in [7, 11) is 0. The van der Waals surface area contributed by atoms with Gasteiger partial charge in [0.1, 0.15) is 47.3 Å². The SMILES string of the molecule is Cc1cc(Nc2ncnc3ccc(C#CC4CCNCC4)cc23)ccc1Oc1cccnc1C.Cc1ccc(Oc2ccc(Nc3ncnc4ccc(C#CC5CCNCC5)cc34)cc2C)cn1. The van der Waals surface area contributed by atoms with Crippen LogP contribution >= 0.6 is 0 Å². The Morgan fingerprint density at radius 3 is 1.57 bits per heavy atom. The van der Waals surface area contributed by atoms with E-state index in [-0.39, 0.29) is 0 Å². The summed E-state index contributed by atoms with van der Waals surface area (Å²) in [4.78, 5) is 26.4. The maximum atomic E-state index is 6.07. The number of benzene rings is 4. The molecular weight excluding hydrogens is 845 g/mol. The number of aromatic nitrogens is 6. The molecule has 12 heteroatoms. The number of anilines is 4. The van der Waals surface area contributed by atoms with Gasteiger partial charge in [-0.25, -0.2) is 19.9 Å². The third-order valence-corrected chi connectivity index (χ3v) is 12.0. The van der Waals surface area contributed by atoms with Crippen molar-refractivity contribution in [1.82, 2.24) is 40.5 Å². The van der Waals surface area contributed by atoms with Crippen molar-refractivity contribution < 1.29 is 9.47 Å². The van der Waals surface area contributed by atoms with E-state index < -0.39 is 0 Å². The smallest absolute Gasteiger partial charge is 0.148 e. The molecule has 0 aliphatic carbocycles. The molecule has 8 aromatic rings. The summed E-state index contributed by atoms with van der Waals surface area (Å²) in [6.45, 7) is 12.1. The van der Waals surface area contributed by atoms with Crippen LogP contribution in [0.15, 0.2) is 122 Å². The van der Waals surface area contributed by atoms with Crippen LogP contribution in [0.5, 0.6) is 23.0 Å². The van der Waals surface area contributed by atoms with Crippen LogP contribution in [0.1, 0.15) is 59.3 Å². The zero-order chi connectivity index (χ0) is 46.7. The van der Waals surface area contributed by atoms with Crippen molar-refractivity contribution in [3.8, 4) is 46.7 Å². The molecule has 0 unspecified atom stereocenters. The highest BCUT2D eigenvalue weighted by molar-refractivity contribution is 5.92. The molecule has 0 atom stereocenters. The molecule has 0 radical (unpaired) electrons. The number of piperidine rings is 2. The fraction of sp³-hybridized carbons (Fsp3) is 0.250. The Hall–Kier alpha value is -7.90. The Kier molecular flexibility index (Phi) is 14.4. The van der Waals surface area contributed by atoms with Crippen molar-refractivity contribution >= 4 is 44.8 Å². The Balaban J connectivity index is 0.000000170. The van der Waals surface area contributed by atoms with E-state index >= 15 is 0 Å². The van der Waals surface area contributed by atoms with Crippen LogP contribution in [0.3, 0.4) is 0 Å². The minimum atomic E-state index is 0.459. The quantitative estimate of drug-likeness (QED) is 0.108. The molecule has 340 valence electrons. The zero-order valence-electron chi connectivity index (χ0n) is 38.9. The molecule has 4 aromatic heterocycles. The zero-order valence-corrected chi connectivity index (χ0v) is 38.9. The lowest BCUT2D eigenvalue weighted by Crippen LogP contribution is -2.26. The van der Waals surface area contributed by atoms with E-state index in [4.69, 9.17) is 9.47 Å². The van der Waals surface area contributed by atoms with Gasteiger partial charge in [0.25, 0.3) is 0 Å². The molecule has 0 spiro atoms. The van der Waals surface area contributed by atoms with Gasteiger partial charge >= 0.3 is 0 Å². The number of nitrogens with one attached hydrogen (secondary N) is 4. The number of hydrogen-bond acceptors (Lipinski definition) is 12. The van der Waals surface area contributed by atoms with Crippen LogP contribution in [0, 0.1) is 63.2 Å². The molecule has 2 aliphatic rings. The number of ether oxygens (including phenoxy) is 2. The first-order valence-corrected chi connectivity index (χ1v) is 23.2. The molecule has 10 rings (SSSR count). The average Bonchev–Trinajstić information content (AvgIpc) is 3.37. The minimum absolute atomic E-state index is 0.459. The first kappa shape index (κ1) is 45.3. The molecule has 0 bridgehead atoms. The Morgan fingerprint density at radius 1 is 0.529 bits per heavy atom. The molecule has 0 amide bonds. The van der Waals surface area contributed by atoms with Crippen molar-refractivity contribution in [3.63, 3.8) is 0 Å². The second-order valence-electron chi connectivity index (χ2n) is 17.1. The molecule has 6 heterocycles. The topological polar surface area (TPSA) is 144 Å². The summed E-state index contributed by atoms with van der Waals surface area (Å²) in [5.41, 5.74) is 9.43. The third kappa shape index (κ3) is 11.7. The molecule has 2 saturated heterocycles. The lowest BCUT2D eigenvalue weighted by atomic mass is 9.98. The van der Waals surface area contributed by atoms with E-state index in [2.05, 4.69) is 93.1 Å². The van der Waals surface area contributed by atoms with E-state index in [1.54, 1.807) is 25.0 Å². The molecule has 4 N–H and O–H groups in total. The number of pyridine rings is 2. The average molecular weight is 899 g/mol. The minimum Gasteiger partial charge on any atom is -0.455 e. The summed E-state index contributed by atoms with van der Waals surface area (Å²) in [5, 5.41) is 15.6. The van der Waals surface area contributed by atoms with Gasteiger partial charge < -0.3 is 30.7 Å².